The van der Waals surface area contributed by atoms with E-state index in [-0.39, 0.29) is 5.91 Å². The molecule has 0 spiro atoms. The van der Waals surface area contributed by atoms with E-state index in [2.05, 4.69) is 37.0 Å². The summed E-state index contributed by atoms with van der Waals surface area (Å²) in [6.45, 7) is 5.16. The average Bonchev–Trinajstić information content (AvgIpc) is 2.97. The van der Waals surface area contributed by atoms with E-state index < -0.39 is 0 Å². The van der Waals surface area contributed by atoms with E-state index in [0.717, 1.165) is 24.3 Å². The van der Waals surface area contributed by atoms with Crippen LogP contribution in [0.25, 0.3) is 11.3 Å². The molecule has 2 aromatic carbocycles. The fourth-order valence-corrected chi connectivity index (χ4v) is 3.90. The van der Waals surface area contributed by atoms with Gasteiger partial charge in [0.1, 0.15) is 17.2 Å². The standard InChI is InChI=1S/C30H33N7O3/c1-6-29(38)33-24-18-25(28(39-5)19-26(24)37(4)17-16-36(2)3)35-30-32-15-13-23(34-30)22-11-7-8-12-27(22)40-21-10-9-14-31-20-21/h6-15,18-20H,1,16-17H2,2-5H3,(H,33,38)(H,32,34,35). The van der Waals surface area contributed by atoms with Gasteiger partial charge in [0.2, 0.25) is 11.9 Å². The number of benzene rings is 2. The molecule has 4 rings (SSSR count). The lowest BCUT2D eigenvalue weighted by atomic mass is 10.1. The number of amides is 1. The summed E-state index contributed by atoms with van der Waals surface area (Å²) in [6, 6.07) is 16.8. The maximum Gasteiger partial charge on any atom is 0.247 e. The van der Waals surface area contributed by atoms with Crippen LogP contribution in [0.3, 0.4) is 0 Å². The van der Waals surface area contributed by atoms with E-state index in [1.165, 1.54) is 6.08 Å². The van der Waals surface area contributed by atoms with Gasteiger partial charge in [0, 0.05) is 44.2 Å². The number of para-hydroxylation sites is 1. The number of methoxy groups -OCH3 is 1. The average molecular weight is 540 g/mol. The van der Waals surface area contributed by atoms with E-state index in [1.807, 2.05) is 69.7 Å². The summed E-state index contributed by atoms with van der Waals surface area (Å²) in [7, 11) is 7.58. The summed E-state index contributed by atoms with van der Waals surface area (Å²) in [5.41, 5.74) is 3.44. The first-order chi connectivity index (χ1) is 19.4. The zero-order valence-electron chi connectivity index (χ0n) is 23.1. The predicted octanol–water partition coefficient (Wildman–Crippen LogP) is 5.21. The van der Waals surface area contributed by atoms with Gasteiger partial charge in [0.15, 0.2) is 0 Å². The van der Waals surface area contributed by atoms with Crippen LogP contribution in [0.15, 0.2) is 85.8 Å². The molecule has 0 aliphatic rings. The number of carbonyl (C=O) groups is 1. The molecule has 0 aliphatic heterocycles. The van der Waals surface area contributed by atoms with E-state index in [4.69, 9.17) is 14.5 Å². The Morgan fingerprint density at radius 3 is 2.55 bits per heavy atom. The number of ether oxygens (including phenoxy) is 2. The summed E-state index contributed by atoms with van der Waals surface area (Å²) in [6.07, 6.45) is 6.25. The Morgan fingerprint density at radius 2 is 1.82 bits per heavy atom. The van der Waals surface area contributed by atoms with E-state index in [1.54, 1.807) is 31.8 Å². The van der Waals surface area contributed by atoms with Crippen molar-refractivity contribution in [3.63, 3.8) is 0 Å². The van der Waals surface area contributed by atoms with E-state index in [9.17, 15) is 4.79 Å². The fraction of sp³-hybridized carbons (Fsp3) is 0.200. The summed E-state index contributed by atoms with van der Waals surface area (Å²) in [5, 5.41) is 6.15. The Balaban J connectivity index is 1.67. The maximum absolute atomic E-state index is 12.3. The third-order valence-electron chi connectivity index (χ3n) is 5.98. The van der Waals surface area contributed by atoms with Gasteiger partial charge in [-0.15, -0.1) is 0 Å². The molecule has 2 heterocycles. The largest absolute Gasteiger partial charge is 0.494 e. The van der Waals surface area contributed by atoms with E-state index >= 15 is 0 Å². The number of anilines is 4. The first-order valence-electron chi connectivity index (χ1n) is 12.7. The molecule has 0 unspecified atom stereocenters. The molecule has 0 atom stereocenters. The molecule has 206 valence electrons. The lowest BCUT2D eigenvalue weighted by Crippen LogP contribution is -2.29. The van der Waals surface area contributed by atoms with Crippen molar-refractivity contribution in [2.24, 2.45) is 0 Å². The minimum absolute atomic E-state index is 0.318. The van der Waals surface area contributed by atoms with Gasteiger partial charge in [-0.1, -0.05) is 18.7 Å². The van der Waals surface area contributed by atoms with Gasteiger partial charge in [-0.3, -0.25) is 9.78 Å². The number of likely N-dealkylation sites (N-methyl/N-ethyl adjacent to an activating group) is 2. The molecule has 0 aliphatic carbocycles. The van der Waals surface area contributed by atoms with Crippen molar-refractivity contribution >= 4 is 28.9 Å². The van der Waals surface area contributed by atoms with Crippen molar-refractivity contribution in [3.8, 4) is 28.5 Å². The molecule has 0 saturated heterocycles. The number of carbonyl (C=O) groups excluding carboxylic acids is 1. The maximum atomic E-state index is 12.3. The Hall–Kier alpha value is -4.96. The van der Waals surface area contributed by atoms with Gasteiger partial charge in [0.25, 0.3) is 0 Å². The number of rotatable bonds is 12. The smallest absolute Gasteiger partial charge is 0.247 e. The van der Waals surface area contributed by atoms with Crippen molar-refractivity contribution in [3.05, 3.63) is 85.8 Å². The third kappa shape index (κ3) is 7.12. The van der Waals surface area contributed by atoms with Gasteiger partial charge in [0.05, 0.1) is 36.1 Å². The quantitative estimate of drug-likeness (QED) is 0.235. The molecule has 0 bridgehead atoms. The van der Waals surface area contributed by atoms with Crippen LogP contribution in [-0.4, -0.2) is 67.1 Å². The van der Waals surface area contributed by atoms with Crippen LogP contribution < -0.4 is 25.0 Å². The molecule has 40 heavy (non-hydrogen) atoms. The summed E-state index contributed by atoms with van der Waals surface area (Å²) < 4.78 is 11.8. The van der Waals surface area contributed by atoms with Crippen LogP contribution in [0.5, 0.6) is 17.2 Å². The Morgan fingerprint density at radius 1 is 1.00 bits per heavy atom. The highest BCUT2D eigenvalue weighted by molar-refractivity contribution is 6.02. The number of hydrogen-bond donors (Lipinski definition) is 2. The Labute approximate surface area is 234 Å². The second-order valence-electron chi connectivity index (χ2n) is 9.17. The van der Waals surface area contributed by atoms with Gasteiger partial charge >= 0.3 is 0 Å². The van der Waals surface area contributed by atoms with Crippen LogP contribution in [0.1, 0.15) is 0 Å². The first kappa shape index (κ1) is 28.1. The topological polar surface area (TPSA) is 105 Å². The second kappa shape index (κ2) is 13.2. The van der Waals surface area contributed by atoms with Crippen LogP contribution in [0.2, 0.25) is 0 Å². The van der Waals surface area contributed by atoms with Gasteiger partial charge in [-0.05, 0) is 56.6 Å². The molecule has 0 fully saturated rings. The lowest BCUT2D eigenvalue weighted by Gasteiger charge is -2.26. The van der Waals surface area contributed by atoms with Gasteiger partial charge in [-0.2, -0.15) is 0 Å². The molecule has 2 aromatic heterocycles. The molecule has 10 nitrogen and oxygen atoms in total. The van der Waals surface area contributed by atoms with Crippen molar-refractivity contribution in [1.29, 1.82) is 0 Å². The molecule has 0 radical (unpaired) electrons. The SMILES string of the molecule is C=CC(=O)Nc1cc(Nc2nccc(-c3ccccc3Oc3cccnc3)n2)c(OC)cc1N(C)CCN(C)C. The molecule has 4 aromatic rings. The fourth-order valence-electron chi connectivity index (χ4n) is 3.90. The summed E-state index contributed by atoms with van der Waals surface area (Å²) >= 11 is 0. The molecule has 10 heteroatoms. The number of aromatic nitrogens is 3. The molecule has 1 amide bonds. The minimum Gasteiger partial charge on any atom is -0.494 e. The number of hydrogen-bond acceptors (Lipinski definition) is 9. The monoisotopic (exact) mass is 539 g/mol. The predicted molar refractivity (Wildman–Crippen MR) is 159 cm³/mol. The third-order valence-corrected chi connectivity index (χ3v) is 5.98. The van der Waals surface area contributed by atoms with Gasteiger partial charge in [-0.25, -0.2) is 9.97 Å². The molecule has 2 N–H and O–H groups in total. The highest BCUT2D eigenvalue weighted by Crippen LogP contribution is 2.38. The number of nitrogens with zero attached hydrogens (tertiary/aromatic N) is 5. The number of pyridine rings is 1. The van der Waals surface area contributed by atoms with Crippen LogP contribution in [0, 0.1) is 0 Å². The van der Waals surface area contributed by atoms with Gasteiger partial charge < -0.3 is 29.9 Å². The Kier molecular flexibility index (Phi) is 9.27. The molecular formula is C30H33N7O3. The first-order valence-corrected chi connectivity index (χ1v) is 12.7. The zero-order valence-corrected chi connectivity index (χ0v) is 23.1. The van der Waals surface area contributed by atoms with Crippen molar-refractivity contribution in [2.45, 2.75) is 0 Å². The van der Waals surface area contributed by atoms with E-state index in [0.29, 0.717) is 40.3 Å². The number of nitrogens with one attached hydrogen (secondary N) is 2. The summed E-state index contributed by atoms with van der Waals surface area (Å²) in [5.74, 6) is 1.86. The van der Waals surface area contributed by atoms with Crippen LogP contribution >= 0.6 is 0 Å². The van der Waals surface area contributed by atoms with Crippen LogP contribution in [0.4, 0.5) is 23.0 Å². The molecule has 0 saturated carbocycles. The second-order valence-corrected chi connectivity index (χ2v) is 9.17. The molecular weight excluding hydrogens is 506 g/mol. The minimum atomic E-state index is -0.318. The Bertz CT molecular complexity index is 1460. The lowest BCUT2D eigenvalue weighted by molar-refractivity contribution is -0.111. The normalized spacial score (nSPS) is 10.6. The zero-order chi connectivity index (χ0) is 28.5. The van der Waals surface area contributed by atoms with Crippen molar-refractivity contribution in [2.75, 3.05) is 56.9 Å². The van der Waals surface area contributed by atoms with Crippen LogP contribution in [-0.2, 0) is 4.79 Å². The van der Waals surface area contributed by atoms with Crippen molar-refractivity contribution < 1.29 is 14.3 Å². The van der Waals surface area contributed by atoms with Crippen molar-refractivity contribution in [1.82, 2.24) is 19.9 Å². The highest BCUT2D eigenvalue weighted by atomic mass is 16.5. The summed E-state index contributed by atoms with van der Waals surface area (Å²) in [4.78, 5) is 29.7. The highest BCUT2D eigenvalue weighted by Gasteiger charge is 2.17.